The Labute approximate surface area is 176 Å². The first-order valence-corrected chi connectivity index (χ1v) is 9.49. The highest BCUT2D eigenvalue weighted by Crippen LogP contribution is 2.35. The maximum Gasteiger partial charge on any atom is 0.412 e. The van der Waals surface area contributed by atoms with Gasteiger partial charge in [0, 0.05) is 36.1 Å². The first kappa shape index (κ1) is 18.7. The lowest BCUT2D eigenvalue weighted by Crippen LogP contribution is -2.12. The van der Waals surface area contributed by atoms with Gasteiger partial charge in [-0.2, -0.15) is 0 Å². The zero-order chi connectivity index (χ0) is 21.5. The van der Waals surface area contributed by atoms with Crippen molar-refractivity contribution < 1.29 is 9.53 Å². The topological polar surface area (TPSA) is 124 Å². The number of amides is 1. The molecular weight excluding hydrogens is 396 g/mol. The van der Waals surface area contributed by atoms with Gasteiger partial charge in [-0.05, 0) is 25.1 Å². The van der Waals surface area contributed by atoms with Crippen LogP contribution >= 0.6 is 0 Å². The molecule has 0 spiro atoms. The van der Waals surface area contributed by atoms with E-state index in [1.54, 1.807) is 12.5 Å². The number of aryl methyl sites for hydroxylation is 2. The molecule has 2 N–H and O–H groups in total. The van der Waals surface area contributed by atoms with Crippen molar-refractivity contribution in [3.8, 4) is 22.8 Å². The third-order valence-corrected chi connectivity index (χ3v) is 4.95. The zero-order valence-corrected chi connectivity index (χ0v) is 17.0. The van der Waals surface area contributed by atoms with Crippen LogP contribution in [0.15, 0.2) is 43.0 Å². The minimum atomic E-state index is -0.590. The average Bonchev–Trinajstić information content (AvgIpc) is 3.38. The Bertz CT molecular complexity index is 1450. The molecule has 5 aromatic rings. The standard InChI is InChI=1S/C21H18N8O2/c1-11-5-4-6-14(25-11)18-26-15(16-19(27-18)24-10-23-16)13-9-29(2)17-12(13)7-8-22-20(17)28-21(30)31-3/h4-10H,1-3H3,(H,22,28,30)(H,23,24,26,27). The smallest absolute Gasteiger partial charge is 0.412 e. The van der Waals surface area contributed by atoms with Crippen molar-refractivity contribution in [3.05, 3.63) is 48.7 Å². The van der Waals surface area contributed by atoms with E-state index >= 15 is 0 Å². The van der Waals surface area contributed by atoms with E-state index in [0.29, 0.717) is 34.2 Å². The third kappa shape index (κ3) is 3.14. The van der Waals surface area contributed by atoms with E-state index in [4.69, 9.17) is 9.72 Å². The van der Waals surface area contributed by atoms with E-state index < -0.39 is 6.09 Å². The highest BCUT2D eigenvalue weighted by molar-refractivity contribution is 6.06. The van der Waals surface area contributed by atoms with Crippen LogP contribution in [0.1, 0.15) is 5.69 Å². The summed E-state index contributed by atoms with van der Waals surface area (Å²) < 4.78 is 6.60. The first-order chi connectivity index (χ1) is 15.0. The molecule has 0 saturated heterocycles. The summed E-state index contributed by atoms with van der Waals surface area (Å²) in [4.78, 5) is 37.5. The fourth-order valence-electron chi connectivity index (χ4n) is 3.59. The molecule has 0 aliphatic rings. The summed E-state index contributed by atoms with van der Waals surface area (Å²) in [6.45, 7) is 1.92. The number of carbonyl (C=O) groups is 1. The van der Waals surface area contributed by atoms with E-state index in [9.17, 15) is 4.79 Å². The largest absolute Gasteiger partial charge is 0.453 e. The number of pyridine rings is 2. The molecule has 0 fully saturated rings. The number of aromatic amines is 1. The minimum Gasteiger partial charge on any atom is -0.453 e. The molecule has 0 atom stereocenters. The molecule has 154 valence electrons. The number of carbonyl (C=O) groups excluding carboxylic acids is 1. The summed E-state index contributed by atoms with van der Waals surface area (Å²) in [6.07, 6.45) is 4.56. The van der Waals surface area contributed by atoms with E-state index in [1.807, 2.05) is 49.0 Å². The Morgan fingerprint density at radius 1 is 1.16 bits per heavy atom. The van der Waals surface area contributed by atoms with Crippen LogP contribution in [0.2, 0.25) is 0 Å². The lowest BCUT2D eigenvalue weighted by Gasteiger charge is -2.07. The molecule has 0 bridgehead atoms. The van der Waals surface area contributed by atoms with Gasteiger partial charge in [-0.15, -0.1) is 0 Å². The summed E-state index contributed by atoms with van der Waals surface area (Å²) in [5, 5.41) is 3.51. The predicted octanol–water partition coefficient (Wildman–Crippen LogP) is 3.46. The minimum absolute atomic E-state index is 0.394. The number of ether oxygens (including phenoxy) is 1. The van der Waals surface area contributed by atoms with E-state index in [0.717, 1.165) is 22.2 Å². The number of methoxy groups -OCH3 is 1. The van der Waals surface area contributed by atoms with Crippen LogP contribution in [0.4, 0.5) is 10.6 Å². The monoisotopic (exact) mass is 414 g/mol. The van der Waals surface area contributed by atoms with Gasteiger partial charge in [0.25, 0.3) is 0 Å². The zero-order valence-electron chi connectivity index (χ0n) is 17.0. The van der Waals surface area contributed by atoms with Gasteiger partial charge in [-0.3, -0.25) is 5.32 Å². The molecule has 0 saturated carbocycles. The van der Waals surface area contributed by atoms with Gasteiger partial charge < -0.3 is 14.3 Å². The Morgan fingerprint density at radius 2 is 2.03 bits per heavy atom. The fraction of sp³-hybridized carbons (Fsp3) is 0.143. The second kappa shape index (κ2) is 7.17. The van der Waals surface area contributed by atoms with Gasteiger partial charge in [-0.25, -0.2) is 29.7 Å². The van der Waals surface area contributed by atoms with Crippen LogP contribution in [0.5, 0.6) is 0 Å². The van der Waals surface area contributed by atoms with Crippen LogP contribution in [0.25, 0.3) is 44.8 Å². The third-order valence-electron chi connectivity index (χ3n) is 4.95. The van der Waals surface area contributed by atoms with Crippen LogP contribution < -0.4 is 5.32 Å². The average molecular weight is 414 g/mol. The molecule has 0 aliphatic carbocycles. The molecule has 0 unspecified atom stereocenters. The molecule has 31 heavy (non-hydrogen) atoms. The SMILES string of the molecule is COC(=O)Nc1nccc2c(-c3nc(-c4cccc(C)n4)nc4[nH]cnc34)cn(C)c12. The fourth-order valence-corrected chi connectivity index (χ4v) is 3.59. The number of fused-ring (bicyclic) bond motifs is 2. The van der Waals surface area contributed by atoms with Gasteiger partial charge in [0.1, 0.15) is 16.9 Å². The molecule has 0 radical (unpaired) electrons. The van der Waals surface area contributed by atoms with Crippen LogP contribution in [-0.4, -0.2) is 47.7 Å². The lowest BCUT2D eigenvalue weighted by atomic mass is 10.1. The Kier molecular flexibility index (Phi) is 4.32. The van der Waals surface area contributed by atoms with E-state index in [1.165, 1.54) is 7.11 Å². The Morgan fingerprint density at radius 3 is 2.84 bits per heavy atom. The molecule has 5 heterocycles. The highest BCUT2D eigenvalue weighted by Gasteiger charge is 2.20. The lowest BCUT2D eigenvalue weighted by molar-refractivity contribution is 0.187. The molecule has 1 amide bonds. The molecule has 5 rings (SSSR count). The maximum absolute atomic E-state index is 11.8. The number of nitrogens with one attached hydrogen (secondary N) is 2. The van der Waals surface area contributed by atoms with Gasteiger partial charge in [0.2, 0.25) is 0 Å². The Balaban J connectivity index is 1.75. The van der Waals surface area contributed by atoms with Gasteiger partial charge in [0.05, 0.1) is 19.0 Å². The number of anilines is 1. The van der Waals surface area contributed by atoms with Crippen LogP contribution in [0, 0.1) is 6.92 Å². The van der Waals surface area contributed by atoms with Crippen molar-refractivity contribution in [2.45, 2.75) is 6.92 Å². The first-order valence-electron chi connectivity index (χ1n) is 9.49. The summed E-state index contributed by atoms with van der Waals surface area (Å²) in [5.41, 5.74) is 5.03. The van der Waals surface area contributed by atoms with Crippen molar-refractivity contribution in [3.63, 3.8) is 0 Å². The molecule has 10 nitrogen and oxygen atoms in total. The molecule has 0 aromatic carbocycles. The number of hydrogen-bond acceptors (Lipinski definition) is 7. The van der Waals surface area contributed by atoms with Crippen molar-refractivity contribution in [2.24, 2.45) is 7.05 Å². The summed E-state index contributed by atoms with van der Waals surface area (Å²) >= 11 is 0. The Hall–Kier alpha value is -4.34. The highest BCUT2D eigenvalue weighted by atomic mass is 16.5. The number of nitrogens with zero attached hydrogens (tertiary/aromatic N) is 6. The van der Waals surface area contributed by atoms with Crippen molar-refractivity contribution >= 4 is 34.0 Å². The molecular formula is C21H18N8O2. The molecule has 0 aliphatic heterocycles. The number of aromatic nitrogens is 7. The van der Waals surface area contributed by atoms with Gasteiger partial charge in [0.15, 0.2) is 17.3 Å². The van der Waals surface area contributed by atoms with Gasteiger partial charge in [-0.1, -0.05) is 6.07 Å². The second-order valence-corrected chi connectivity index (χ2v) is 6.99. The van der Waals surface area contributed by atoms with Crippen molar-refractivity contribution in [2.75, 3.05) is 12.4 Å². The van der Waals surface area contributed by atoms with E-state index in [2.05, 4.69) is 30.2 Å². The quantitative estimate of drug-likeness (QED) is 0.463. The summed E-state index contributed by atoms with van der Waals surface area (Å²) in [7, 11) is 3.18. The van der Waals surface area contributed by atoms with Crippen LogP contribution in [-0.2, 0) is 11.8 Å². The van der Waals surface area contributed by atoms with E-state index in [-0.39, 0.29) is 0 Å². The normalized spacial score (nSPS) is 11.2. The number of hydrogen-bond donors (Lipinski definition) is 2. The van der Waals surface area contributed by atoms with Gasteiger partial charge >= 0.3 is 6.09 Å². The van der Waals surface area contributed by atoms with Crippen LogP contribution in [0.3, 0.4) is 0 Å². The number of rotatable bonds is 3. The second-order valence-electron chi connectivity index (χ2n) is 6.99. The van der Waals surface area contributed by atoms with Crippen molar-refractivity contribution in [1.29, 1.82) is 0 Å². The summed E-state index contributed by atoms with van der Waals surface area (Å²) in [6, 6.07) is 7.59. The predicted molar refractivity (Wildman–Crippen MR) is 115 cm³/mol. The number of H-pyrrole nitrogens is 1. The summed E-state index contributed by atoms with van der Waals surface area (Å²) in [5.74, 6) is 0.889. The molecule has 5 aromatic heterocycles. The molecule has 10 heteroatoms. The maximum atomic E-state index is 11.8. The van der Waals surface area contributed by atoms with Crippen molar-refractivity contribution in [1.82, 2.24) is 34.5 Å². The number of imidazole rings is 1.